The highest BCUT2D eigenvalue weighted by Crippen LogP contribution is 2.42. The van der Waals surface area contributed by atoms with Crippen molar-refractivity contribution in [3.63, 3.8) is 0 Å². The van der Waals surface area contributed by atoms with Gasteiger partial charge < -0.3 is 23.7 Å². The molecule has 2 fully saturated rings. The molecule has 1 saturated carbocycles. The lowest BCUT2D eigenvalue weighted by molar-refractivity contribution is -0.192. The van der Waals surface area contributed by atoms with Crippen molar-refractivity contribution in [2.45, 2.75) is 146 Å². The highest BCUT2D eigenvalue weighted by molar-refractivity contribution is 6.74. The molecule has 6 nitrogen and oxygen atoms in total. The maximum atomic E-state index is 11.7. The minimum absolute atomic E-state index is 0.0164. The van der Waals surface area contributed by atoms with E-state index in [1.807, 2.05) is 6.08 Å². The molecule has 1 saturated heterocycles. The largest absolute Gasteiger partial charge is 0.461 e. The van der Waals surface area contributed by atoms with Gasteiger partial charge in [0.15, 0.2) is 14.6 Å². The number of rotatable bonds is 18. The van der Waals surface area contributed by atoms with Gasteiger partial charge in [-0.15, -0.1) is 11.6 Å². The minimum Gasteiger partial charge on any atom is -0.461 e. The zero-order valence-corrected chi connectivity index (χ0v) is 29.0. The number of hydrogen-bond donors (Lipinski definition) is 1. The van der Waals surface area contributed by atoms with Crippen LogP contribution in [0.2, 0.25) is 18.1 Å². The van der Waals surface area contributed by atoms with Crippen LogP contribution in [0, 0.1) is 11.8 Å². The number of aliphatic hydroxyl groups excluding tert-OH is 1. The monoisotopic (exact) mass is 626 g/mol. The molecule has 1 N–H and O–H groups in total. The Morgan fingerprint density at radius 3 is 2.62 bits per heavy atom. The summed E-state index contributed by atoms with van der Waals surface area (Å²) < 4.78 is 23.9. The summed E-state index contributed by atoms with van der Waals surface area (Å²) >= 11 is 6.90. The standard InChI is InChI=1S/C34H59ClO6Si/c1-8-23-38-32(37)19-12-10-9-11-18-28-29(31(25-30(28)35)40-33-20-13-14-24-39-33)22-21-27(36)17-15-16-26(2)41-42(6,7)34(3,4)5/h8-9,11,21-22,26-31,33,36H,1,10,12-20,23-25H2,2-7H3/t26-,27+,28-,29-,30-,31-,33?/m1/s1. The third kappa shape index (κ3) is 13.4. The third-order valence-corrected chi connectivity index (χ3v) is 14.1. The number of aliphatic hydroxyl groups is 1. The fraction of sp³-hybridized carbons (Fsp3) is 0.794. The van der Waals surface area contributed by atoms with Crippen LogP contribution in [-0.2, 0) is 23.4 Å². The number of unbranched alkanes of at least 4 members (excludes halogenated alkanes) is 1. The lowest BCUT2D eigenvalue weighted by Crippen LogP contribution is -2.43. The second-order valence-corrected chi connectivity index (χ2v) is 18.9. The highest BCUT2D eigenvalue weighted by Gasteiger charge is 2.42. The van der Waals surface area contributed by atoms with Crippen LogP contribution in [0.5, 0.6) is 0 Å². The van der Waals surface area contributed by atoms with Crippen molar-refractivity contribution in [2.24, 2.45) is 11.8 Å². The van der Waals surface area contributed by atoms with Gasteiger partial charge in [-0.05, 0) is 95.2 Å². The summed E-state index contributed by atoms with van der Waals surface area (Å²) in [6.45, 7) is 18.1. The zero-order valence-electron chi connectivity index (χ0n) is 27.2. The number of esters is 1. The molecule has 0 aromatic heterocycles. The van der Waals surface area contributed by atoms with Gasteiger partial charge >= 0.3 is 5.97 Å². The summed E-state index contributed by atoms with van der Waals surface area (Å²) in [6.07, 6.45) is 18.7. The number of ether oxygens (including phenoxy) is 3. The molecule has 2 rings (SSSR count). The first-order valence-corrected chi connectivity index (χ1v) is 19.6. The lowest BCUT2D eigenvalue weighted by atomic mass is 9.90. The van der Waals surface area contributed by atoms with Gasteiger partial charge in [-0.25, -0.2) is 0 Å². The molecule has 1 aliphatic carbocycles. The highest BCUT2D eigenvalue weighted by atomic mass is 35.5. The van der Waals surface area contributed by atoms with Crippen molar-refractivity contribution in [1.29, 1.82) is 0 Å². The molecule has 242 valence electrons. The molecular weight excluding hydrogens is 568 g/mol. The summed E-state index contributed by atoms with van der Waals surface area (Å²) in [5, 5.41) is 11.0. The van der Waals surface area contributed by atoms with Crippen LogP contribution >= 0.6 is 11.6 Å². The molecule has 1 aliphatic heterocycles. The molecular formula is C34H59ClO6Si. The minimum atomic E-state index is -1.79. The molecule has 0 amide bonds. The van der Waals surface area contributed by atoms with Gasteiger partial charge in [0, 0.05) is 30.4 Å². The van der Waals surface area contributed by atoms with E-state index in [9.17, 15) is 9.90 Å². The third-order valence-electron chi connectivity index (χ3n) is 8.97. The van der Waals surface area contributed by atoms with Gasteiger partial charge in [-0.2, -0.15) is 0 Å². The molecule has 0 spiro atoms. The fourth-order valence-electron chi connectivity index (χ4n) is 5.47. The second-order valence-electron chi connectivity index (χ2n) is 13.6. The molecule has 1 heterocycles. The van der Waals surface area contributed by atoms with E-state index in [0.717, 1.165) is 64.4 Å². The fourth-order valence-corrected chi connectivity index (χ4v) is 7.39. The molecule has 2 aliphatic rings. The Morgan fingerprint density at radius 2 is 1.95 bits per heavy atom. The molecule has 0 radical (unpaired) electrons. The van der Waals surface area contributed by atoms with E-state index < -0.39 is 14.4 Å². The van der Waals surface area contributed by atoms with Crippen molar-refractivity contribution in [1.82, 2.24) is 0 Å². The second kappa shape index (κ2) is 18.8. The predicted octanol–water partition coefficient (Wildman–Crippen LogP) is 8.49. The van der Waals surface area contributed by atoms with E-state index in [0.29, 0.717) is 12.8 Å². The van der Waals surface area contributed by atoms with Crippen molar-refractivity contribution in [3.05, 3.63) is 37.0 Å². The lowest BCUT2D eigenvalue weighted by Gasteiger charge is -2.38. The van der Waals surface area contributed by atoms with Crippen LogP contribution in [0.3, 0.4) is 0 Å². The Hall–Kier alpha value is -0.963. The Kier molecular flexibility index (Phi) is 16.6. The van der Waals surface area contributed by atoms with Crippen LogP contribution < -0.4 is 0 Å². The quantitative estimate of drug-likeness (QED) is 0.0541. The predicted molar refractivity (Wildman–Crippen MR) is 175 cm³/mol. The van der Waals surface area contributed by atoms with Crippen LogP contribution in [0.15, 0.2) is 37.0 Å². The van der Waals surface area contributed by atoms with Gasteiger partial charge in [0.2, 0.25) is 0 Å². The van der Waals surface area contributed by atoms with Crippen molar-refractivity contribution in [3.8, 4) is 0 Å². The van der Waals surface area contributed by atoms with Gasteiger partial charge in [0.1, 0.15) is 6.61 Å². The normalized spacial score (nSPS) is 27.0. The van der Waals surface area contributed by atoms with E-state index >= 15 is 0 Å². The van der Waals surface area contributed by atoms with Crippen LogP contribution in [-0.4, -0.2) is 62.6 Å². The summed E-state index contributed by atoms with van der Waals surface area (Å²) in [4.78, 5) is 11.7. The first-order valence-electron chi connectivity index (χ1n) is 16.2. The molecule has 0 aromatic rings. The Bertz CT molecular complexity index is 847. The molecule has 8 heteroatoms. The number of carbonyl (C=O) groups is 1. The van der Waals surface area contributed by atoms with E-state index in [-0.39, 0.29) is 53.3 Å². The zero-order chi connectivity index (χ0) is 31.2. The first kappa shape index (κ1) is 37.2. The number of alkyl halides is 1. The van der Waals surface area contributed by atoms with Crippen LogP contribution in [0.25, 0.3) is 0 Å². The van der Waals surface area contributed by atoms with Crippen molar-refractivity contribution >= 4 is 25.9 Å². The summed E-state index contributed by atoms with van der Waals surface area (Å²) in [5.74, 6) is 0.119. The van der Waals surface area contributed by atoms with E-state index in [2.05, 4.69) is 65.6 Å². The smallest absolute Gasteiger partial charge is 0.306 e. The summed E-state index contributed by atoms with van der Waals surface area (Å²) in [7, 11) is -1.79. The number of carbonyl (C=O) groups excluding carboxylic acids is 1. The van der Waals surface area contributed by atoms with Gasteiger partial charge in [-0.3, -0.25) is 4.79 Å². The topological polar surface area (TPSA) is 74.2 Å². The number of allylic oxidation sites excluding steroid dienone is 2. The van der Waals surface area contributed by atoms with Gasteiger partial charge in [-0.1, -0.05) is 57.7 Å². The molecule has 1 unspecified atom stereocenters. The average molecular weight is 627 g/mol. The van der Waals surface area contributed by atoms with E-state index in [4.69, 9.17) is 30.2 Å². The Morgan fingerprint density at radius 1 is 1.19 bits per heavy atom. The van der Waals surface area contributed by atoms with Crippen LogP contribution in [0.4, 0.5) is 0 Å². The summed E-state index contributed by atoms with van der Waals surface area (Å²) in [6, 6.07) is 0. The van der Waals surface area contributed by atoms with E-state index in [1.54, 1.807) is 6.08 Å². The molecule has 42 heavy (non-hydrogen) atoms. The van der Waals surface area contributed by atoms with Crippen LogP contribution in [0.1, 0.15) is 98.3 Å². The molecule has 0 bridgehead atoms. The maximum Gasteiger partial charge on any atom is 0.306 e. The maximum absolute atomic E-state index is 11.7. The Balaban J connectivity index is 1.92. The van der Waals surface area contributed by atoms with Gasteiger partial charge in [0.25, 0.3) is 0 Å². The van der Waals surface area contributed by atoms with E-state index in [1.165, 1.54) is 0 Å². The molecule has 7 atom stereocenters. The van der Waals surface area contributed by atoms with Gasteiger partial charge in [0.05, 0.1) is 12.2 Å². The molecule has 0 aromatic carbocycles. The van der Waals surface area contributed by atoms with Crippen molar-refractivity contribution < 1.29 is 28.5 Å². The SMILES string of the molecule is C=CCOC(=O)CCCC=CC[C@@H]1[C@@H](C=C[C@@H](O)CCC[C@@H](C)O[Si](C)(C)C(C)(C)C)[C@H](OC2CCCCO2)C[C@H]1Cl. The average Bonchev–Trinajstić information content (AvgIpc) is 3.21. The Labute approximate surface area is 262 Å². The number of hydrogen-bond acceptors (Lipinski definition) is 6. The summed E-state index contributed by atoms with van der Waals surface area (Å²) in [5.41, 5.74) is 0. The number of halogens is 1. The first-order chi connectivity index (χ1) is 19.8. The van der Waals surface area contributed by atoms with Crippen molar-refractivity contribution in [2.75, 3.05) is 13.2 Å².